The van der Waals surface area contributed by atoms with Gasteiger partial charge in [0.05, 0.1) is 30.8 Å². The number of hydrogen-bond acceptors (Lipinski definition) is 6. The standard InChI is InChI=1S/C28H31N3O3S/c1-5-23-25(27(33)34-4)26(22-15-18(2)11-12-19(22)3)31-21(17-35-28(31)30-23)16-24(32)29-14-13-20-9-7-6-8-10-20/h6-12,15,17,26H,5,13-14,16H2,1-4H3,(H,29,32). The van der Waals surface area contributed by atoms with Crippen molar-refractivity contribution in [1.29, 1.82) is 0 Å². The number of hydrogen-bond donors (Lipinski definition) is 1. The zero-order valence-corrected chi connectivity index (χ0v) is 21.4. The van der Waals surface area contributed by atoms with E-state index in [0.717, 1.165) is 39.7 Å². The molecule has 0 spiro atoms. The van der Waals surface area contributed by atoms with E-state index in [2.05, 4.69) is 35.6 Å². The van der Waals surface area contributed by atoms with E-state index in [1.54, 1.807) is 0 Å². The van der Waals surface area contributed by atoms with Gasteiger partial charge in [-0.1, -0.05) is 72.8 Å². The molecule has 2 aliphatic heterocycles. The first-order valence-corrected chi connectivity index (χ1v) is 12.7. The Kier molecular flexibility index (Phi) is 7.76. The molecule has 2 aromatic carbocycles. The normalized spacial score (nSPS) is 17.0. The molecule has 2 aliphatic rings. The van der Waals surface area contributed by atoms with Gasteiger partial charge in [0.25, 0.3) is 0 Å². The molecule has 1 atom stereocenters. The Labute approximate surface area is 211 Å². The lowest BCUT2D eigenvalue weighted by molar-refractivity contribution is -0.136. The number of allylic oxidation sites excluding steroid dienone is 1. The summed E-state index contributed by atoms with van der Waals surface area (Å²) in [6.45, 7) is 6.65. The average molecular weight is 490 g/mol. The first kappa shape index (κ1) is 24.8. The van der Waals surface area contributed by atoms with Crippen molar-refractivity contribution in [3.63, 3.8) is 0 Å². The summed E-state index contributed by atoms with van der Waals surface area (Å²) in [5, 5.41) is 5.79. The minimum atomic E-state index is -0.400. The molecule has 2 aromatic rings. The molecule has 1 amide bonds. The van der Waals surface area contributed by atoms with Gasteiger partial charge in [-0.3, -0.25) is 4.79 Å². The van der Waals surface area contributed by atoms with E-state index >= 15 is 0 Å². The number of ether oxygens (including phenoxy) is 1. The highest BCUT2D eigenvalue weighted by atomic mass is 32.2. The maximum atomic E-state index is 13.0. The van der Waals surface area contributed by atoms with Gasteiger partial charge in [-0.15, -0.1) is 0 Å². The number of rotatable bonds is 8. The fourth-order valence-corrected chi connectivity index (χ4v) is 5.42. The molecule has 0 saturated heterocycles. The highest BCUT2D eigenvalue weighted by Gasteiger charge is 2.42. The Hall–Kier alpha value is -3.32. The minimum Gasteiger partial charge on any atom is -0.466 e. The molecule has 0 fully saturated rings. The van der Waals surface area contributed by atoms with Crippen LogP contribution in [-0.2, 0) is 20.7 Å². The number of aryl methyl sites for hydroxylation is 2. The molecular formula is C28H31N3O3S. The van der Waals surface area contributed by atoms with Gasteiger partial charge in [0.1, 0.15) is 0 Å². The fraction of sp³-hybridized carbons (Fsp3) is 0.321. The van der Waals surface area contributed by atoms with Crippen LogP contribution in [0.1, 0.15) is 48.1 Å². The van der Waals surface area contributed by atoms with E-state index < -0.39 is 6.04 Å². The van der Waals surface area contributed by atoms with Crippen molar-refractivity contribution in [3.8, 4) is 0 Å². The van der Waals surface area contributed by atoms with Gasteiger partial charge in [0.2, 0.25) is 5.91 Å². The van der Waals surface area contributed by atoms with E-state index in [1.807, 2.05) is 49.3 Å². The Morgan fingerprint density at radius 2 is 1.91 bits per heavy atom. The summed E-state index contributed by atoms with van der Waals surface area (Å²) in [5.74, 6) is -0.447. The second kappa shape index (κ2) is 11.0. The lowest BCUT2D eigenvalue weighted by atomic mass is 9.89. The zero-order chi connectivity index (χ0) is 24.9. The van der Waals surface area contributed by atoms with E-state index in [-0.39, 0.29) is 18.3 Å². The number of methoxy groups -OCH3 is 1. The van der Waals surface area contributed by atoms with Gasteiger partial charge in [-0.25, -0.2) is 9.79 Å². The number of amidine groups is 1. The second-order valence-electron chi connectivity index (χ2n) is 8.72. The summed E-state index contributed by atoms with van der Waals surface area (Å²) in [7, 11) is 1.40. The molecule has 6 nitrogen and oxygen atoms in total. The lowest BCUT2D eigenvalue weighted by Gasteiger charge is -2.37. The van der Waals surface area contributed by atoms with Crippen LogP contribution in [0.2, 0.25) is 0 Å². The van der Waals surface area contributed by atoms with Crippen molar-refractivity contribution in [3.05, 3.63) is 93.2 Å². The van der Waals surface area contributed by atoms with Crippen molar-refractivity contribution in [1.82, 2.24) is 10.2 Å². The monoisotopic (exact) mass is 489 g/mol. The van der Waals surface area contributed by atoms with Crippen molar-refractivity contribution < 1.29 is 14.3 Å². The van der Waals surface area contributed by atoms with Crippen LogP contribution in [0.25, 0.3) is 0 Å². The van der Waals surface area contributed by atoms with E-state index in [4.69, 9.17) is 9.73 Å². The van der Waals surface area contributed by atoms with Crippen molar-refractivity contribution in [2.45, 2.75) is 46.1 Å². The molecular weight excluding hydrogens is 458 g/mol. The van der Waals surface area contributed by atoms with Crippen molar-refractivity contribution in [2.75, 3.05) is 13.7 Å². The van der Waals surface area contributed by atoms with Gasteiger partial charge in [-0.2, -0.15) is 0 Å². The molecule has 1 unspecified atom stereocenters. The Morgan fingerprint density at radius 1 is 1.14 bits per heavy atom. The van der Waals surface area contributed by atoms with Gasteiger partial charge in [0, 0.05) is 12.2 Å². The third-order valence-electron chi connectivity index (χ3n) is 6.28. The van der Waals surface area contributed by atoms with Crippen molar-refractivity contribution in [2.24, 2.45) is 4.99 Å². The molecule has 0 aliphatic carbocycles. The number of nitrogens with one attached hydrogen (secondary N) is 1. The van der Waals surface area contributed by atoms with Gasteiger partial charge in [-0.05, 0) is 48.8 Å². The van der Waals surface area contributed by atoms with Gasteiger partial charge < -0.3 is 15.0 Å². The zero-order valence-electron chi connectivity index (χ0n) is 20.6. The van der Waals surface area contributed by atoms with Crippen molar-refractivity contribution >= 4 is 28.8 Å². The van der Waals surface area contributed by atoms with Gasteiger partial charge in [0.15, 0.2) is 5.17 Å². The van der Waals surface area contributed by atoms with Crippen LogP contribution in [0, 0.1) is 13.8 Å². The fourth-order valence-electron chi connectivity index (χ4n) is 4.48. The van der Waals surface area contributed by atoms with Crippen LogP contribution in [0.3, 0.4) is 0 Å². The summed E-state index contributed by atoms with van der Waals surface area (Å²) >= 11 is 1.49. The maximum Gasteiger partial charge on any atom is 0.338 e. The molecule has 0 aromatic heterocycles. The molecule has 4 rings (SSSR count). The third-order valence-corrected chi connectivity index (χ3v) is 7.17. The predicted octanol–water partition coefficient (Wildman–Crippen LogP) is 5.19. The van der Waals surface area contributed by atoms with Gasteiger partial charge >= 0.3 is 5.97 Å². The minimum absolute atomic E-state index is 0.0568. The second-order valence-corrected chi connectivity index (χ2v) is 9.56. The first-order valence-electron chi connectivity index (χ1n) is 11.9. The Morgan fingerprint density at radius 3 is 2.63 bits per heavy atom. The highest BCUT2D eigenvalue weighted by Crippen LogP contribution is 2.46. The summed E-state index contributed by atoms with van der Waals surface area (Å²) in [4.78, 5) is 32.8. The summed E-state index contributed by atoms with van der Waals surface area (Å²) in [6, 6.07) is 15.9. The number of benzene rings is 2. The van der Waals surface area contributed by atoms with E-state index in [9.17, 15) is 9.59 Å². The molecule has 0 saturated carbocycles. The van der Waals surface area contributed by atoms with Crippen LogP contribution < -0.4 is 5.32 Å². The highest BCUT2D eigenvalue weighted by molar-refractivity contribution is 8.16. The number of aliphatic imine (C=N–C) groups is 1. The molecule has 2 heterocycles. The van der Waals surface area contributed by atoms with Crippen LogP contribution in [0.4, 0.5) is 0 Å². The summed E-state index contributed by atoms with van der Waals surface area (Å²) in [5.41, 5.74) is 6.46. The molecule has 1 N–H and O–H groups in total. The number of fused-ring (bicyclic) bond motifs is 1. The van der Waals surface area contributed by atoms with Crippen LogP contribution in [0.5, 0.6) is 0 Å². The average Bonchev–Trinajstić information content (AvgIpc) is 3.26. The van der Waals surface area contributed by atoms with Crippen LogP contribution in [-0.4, -0.2) is 35.6 Å². The van der Waals surface area contributed by atoms with Crippen LogP contribution in [0.15, 0.2) is 75.9 Å². The molecule has 0 radical (unpaired) electrons. The lowest BCUT2D eigenvalue weighted by Crippen LogP contribution is -2.38. The number of carbonyl (C=O) groups excluding carboxylic acids is 2. The van der Waals surface area contributed by atoms with E-state index in [1.165, 1.54) is 24.4 Å². The topological polar surface area (TPSA) is 71.0 Å². The third kappa shape index (κ3) is 5.35. The predicted molar refractivity (Wildman–Crippen MR) is 141 cm³/mol. The number of carbonyl (C=O) groups is 2. The number of amides is 1. The quantitative estimate of drug-likeness (QED) is 0.517. The first-order chi connectivity index (χ1) is 16.9. The van der Waals surface area contributed by atoms with E-state index in [0.29, 0.717) is 18.5 Å². The Balaban J connectivity index is 1.61. The SMILES string of the molecule is CCC1=C(C(=O)OC)C(c2cc(C)ccc2C)N2C(CC(=O)NCCc3ccccc3)=CSC2=N1. The smallest absolute Gasteiger partial charge is 0.338 e. The number of nitrogens with zero attached hydrogens (tertiary/aromatic N) is 2. The number of thioether (sulfide) groups is 1. The summed E-state index contributed by atoms with van der Waals surface area (Å²) < 4.78 is 5.21. The molecule has 182 valence electrons. The van der Waals surface area contributed by atoms with Crippen LogP contribution >= 0.6 is 11.8 Å². The molecule has 0 bridgehead atoms. The summed E-state index contributed by atoms with van der Waals surface area (Å²) in [6.07, 6.45) is 1.59. The number of esters is 1. The molecule has 7 heteroatoms. The maximum absolute atomic E-state index is 13.0. The molecule has 35 heavy (non-hydrogen) atoms. The Bertz CT molecular complexity index is 1220. The largest absolute Gasteiger partial charge is 0.466 e.